The third-order valence-electron chi connectivity index (χ3n) is 4.49. The lowest BCUT2D eigenvalue weighted by Gasteiger charge is -2.37. The number of likely N-dealkylation sites (N-methyl/N-ethyl adjacent to an activating group) is 1. The average Bonchev–Trinajstić information content (AvgIpc) is 2.68. The normalized spacial score (nSPS) is 17.5. The van der Waals surface area contributed by atoms with Gasteiger partial charge in [0.2, 0.25) is 5.91 Å². The molecule has 7 heteroatoms. The first-order valence-corrected chi connectivity index (χ1v) is 8.62. The number of amides is 1. The summed E-state index contributed by atoms with van der Waals surface area (Å²) in [5, 5.41) is 11.1. The van der Waals surface area contributed by atoms with E-state index in [4.69, 9.17) is 0 Å². The van der Waals surface area contributed by atoms with Gasteiger partial charge in [-0.05, 0) is 44.2 Å². The van der Waals surface area contributed by atoms with Crippen LogP contribution < -0.4 is 10.2 Å². The first kappa shape index (κ1) is 17.3. The van der Waals surface area contributed by atoms with Crippen molar-refractivity contribution in [2.75, 3.05) is 31.6 Å². The van der Waals surface area contributed by atoms with Gasteiger partial charge in [0.05, 0.1) is 18.8 Å². The molecule has 3 rings (SSSR count). The van der Waals surface area contributed by atoms with Crippen molar-refractivity contribution >= 4 is 11.7 Å². The lowest BCUT2D eigenvalue weighted by atomic mass is 10.0. The van der Waals surface area contributed by atoms with Gasteiger partial charge in [-0.15, -0.1) is 5.10 Å². The minimum atomic E-state index is 0.0183. The number of nitrogens with one attached hydrogen (secondary N) is 1. The maximum Gasteiger partial charge on any atom is 0.234 e. The third kappa shape index (κ3) is 4.96. The number of carbonyl (C=O) groups is 1. The van der Waals surface area contributed by atoms with Gasteiger partial charge in [-0.3, -0.25) is 14.7 Å². The Hall–Kier alpha value is -2.54. The van der Waals surface area contributed by atoms with Gasteiger partial charge >= 0.3 is 0 Å². The summed E-state index contributed by atoms with van der Waals surface area (Å²) in [5.74, 6) is 0.921. The van der Waals surface area contributed by atoms with Crippen molar-refractivity contribution in [1.82, 2.24) is 25.4 Å². The first-order valence-electron chi connectivity index (χ1n) is 8.62. The molecule has 0 spiro atoms. The summed E-state index contributed by atoms with van der Waals surface area (Å²) in [6.45, 7) is 2.69. The van der Waals surface area contributed by atoms with E-state index in [1.165, 1.54) is 0 Å². The Balaban J connectivity index is 1.48. The fourth-order valence-electron chi connectivity index (χ4n) is 3.09. The van der Waals surface area contributed by atoms with Gasteiger partial charge in [-0.1, -0.05) is 6.07 Å². The molecule has 0 unspecified atom stereocenters. The van der Waals surface area contributed by atoms with Crippen LogP contribution in [0.25, 0.3) is 0 Å². The number of hydrogen-bond acceptors (Lipinski definition) is 6. The van der Waals surface area contributed by atoms with Crippen LogP contribution in [0.1, 0.15) is 18.5 Å². The van der Waals surface area contributed by atoms with Gasteiger partial charge in [-0.2, -0.15) is 5.10 Å². The van der Waals surface area contributed by atoms with Gasteiger partial charge < -0.3 is 10.2 Å². The number of pyridine rings is 1. The van der Waals surface area contributed by atoms with Crippen LogP contribution in [0.15, 0.2) is 42.7 Å². The number of aromatic nitrogens is 3. The van der Waals surface area contributed by atoms with Crippen LogP contribution in [0, 0.1) is 0 Å². The fourth-order valence-corrected chi connectivity index (χ4v) is 3.09. The van der Waals surface area contributed by atoms with Crippen molar-refractivity contribution < 1.29 is 4.79 Å². The lowest BCUT2D eigenvalue weighted by molar-refractivity contribution is -0.122. The van der Waals surface area contributed by atoms with Crippen molar-refractivity contribution in [3.8, 4) is 0 Å². The zero-order valence-electron chi connectivity index (χ0n) is 14.5. The van der Waals surface area contributed by atoms with E-state index in [1.807, 2.05) is 37.4 Å². The summed E-state index contributed by atoms with van der Waals surface area (Å²) in [5.41, 5.74) is 0.866. The van der Waals surface area contributed by atoms with Crippen LogP contribution in [0.5, 0.6) is 0 Å². The molecule has 1 aliphatic heterocycles. The predicted molar refractivity (Wildman–Crippen MR) is 96.0 cm³/mol. The standard InChI is InChI=1S/C18H24N6O/c1-23(14-18(25)20-12-15-6-2-3-9-19-15)16-7-5-11-24(13-16)17-8-4-10-21-22-17/h2-4,6,8-10,16H,5,7,11-14H2,1H3,(H,20,25)/t16-/m1/s1. The molecule has 1 amide bonds. The Morgan fingerprint density at radius 1 is 1.32 bits per heavy atom. The van der Waals surface area contributed by atoms with Crippen LogP contribution in [0.2, 0.25) is 0 Å². The molecule has 0 radical (unpaired) electrons. The first-order chi connectivity index (χ1) is 12.2. The molecule has 0 aliphatic carbocycles. The Labute approximate surface area is 148 Å². The third-order valence-corrected chi connectivity index (χ3v) is 4.49. The fraction of sp³-hybridized carbons (Fsp3) is 0.444. The topological polar surface area (TPSA) is 74.2 Å². The molecule has 3 heterocycles. The van der Waals surface area contributed by atoms with Gasteiger partial charge in [0, 0.05) is 31.5 Å². The Bertz CT molecular complexity index is 666. The second-order valence-electron chi connectivity index (χ2n) is 6.34. The molecule has 1 fully saturated rings. The summed E-state index contributed by atoms with van der Waals surface area (Å²) < 4.78 is 0. The number of nitrogens with zero attached hydrogens (tertiary/aromatic N) is 5. The molecular formula is C18H24N6O. The molecule has 1 saturated heterocycles. The summed E-state index contributed by atoms with van der Waals surface area (Å²) in [6.07, 6.45) is 5.58. The minimum Gasteiger partial charge on any atom is -0.354 e. The Morgan fingerprint density at radius 2 is 2.24 bits per heavy atom. The maximum absolute atomic E-state index is 12.2. The highest BCUT2D eigenvalue weighted by atomic mass is 16.2. The van der Waals surface area contributed by atoms with E-state index < -0.39 is 0 Å². The molecule has 2 aromatic rings. The zero-order valence-corrected chi connectivity index (χ0v) is 14.5. The van der Waals surface area contributed by atoms with Gasteiger partial charge in [-0.25, -0.2) is 0 Å². The Morgan fingerprint density at radius 3 is 3.00 bits per heavy atom. The quantitative estimate of drug-likeness (QED) is 0.848. The van der Waals surface area contributed by atoms with Crippen LogP contribution in [-0.2, 0) is 11.3 Å². The van der Waals surface area contributed by atoms with Gasteiger partial charge in [0.1, 0.15) is 0 Å². The van der Waals surface area contributed by atoms with Crippen molar-refractivity contribution in [1.29, 1.82) is 0 Å². The minimum absolute atomic E-state index is 0.0183. The highest BCUT2D eigenvalue weighted by Crippen LogP contribution is 2.19. The number of rotatable bonds is 6. The van der Waals surface area contributed by atoms with E-state index >= 15 is 0 Å². The van der Waals surface area contributed by atoms with Crippen LogP contribution >= 0.6 is 0 Å². The SMILES string of the molecule is CN(CC(=O)NCc1ccccn1)[C@@H]1CCCN(c2cccnn2)C1. The van der Waals surface area contributed by atoms with E-state index in [-0.39, 0.29) is 5.91 Å². The van der Waals surface area contributed by atoms with E-state index in [0.717, 1.165) is 37.4 Å². The number of carbonyl (C=O) groups excluding carboxylic acids is 1. The summed E-state index contributed by atoms with van der Waals surface area (Å²) in [4.78, 5) is 20.8. The molecule has 1 atom stereocenters. The maximum atomic E-state index is 12.2. The van der Waals surface area contributed by atoms with E-state index in [2.05, 4.69) is 30.3 Å². The highest BCUT2D eigenvalue weighted by molar-refractivity contribution is 5.77. The van der Waals surface area contributed by atoms with Crippen LogP contribution in [0.4, 0.5) is 5.82 Å². The van der Waals surface area contributed by atoms with Crippen LogP contribution in [0.3, 0.4) is 0 Å². The summed E-state index contributed by atoms with van der Waals surface area (Å²) in [6, 6.07) is 9.91. The van der Waals surface area contributed by atoms with Crippen molar-refractivity contribution in [2.24, 2.45) is 0 Å². The molecule has 0 aromatic carbocycles. The van der Waals surface area contributed by atoms with E-state index in [9.17, 15) is 4.79 Å². The molecular weight excluding hydrogens is 316 g/mol. The molecule has 0 saturated carbocycles. The molecule has 132 valence electrons. The molecule has 1 aliphatic rings. The summed E-state index contributed by atoms with van der Waals surface area (Å²) >= 11 is 0. The second kappa shape index (κ2) is 8.53. The van der Waals surface area contributed by atoms with Crippen LogP contribution in [-0.4, -0.2) is 58.7 Å². The largest absolute Gasteiger partial charge is 0.354 e. The average molecular weight is 340 g/mol. The zero-order chi connectivity index (χ0) is 17.5. The number of hydrogen-bond donors (Lipinski definition) is 1. The monoisotopic (exact) mass is 340 g/mol. The second-order valence-corrected chi connectivity index (χ2v) is 6.34. The van der Waals surface area contributed by atoms with E-state index in [0.29, 0.717) is 19.1 Å². The van der Waals surface area contributed by atoms with Gasteiger partial charge in [0.15, 0.2) is 5.82 Å². The smallest absolute Gasteiger partial charge is 0.234 e. The number of piperidine rings is 1. The molecule has 25 heavy (non-hydrogen) atoms. The molecule has 1 N–H and O–H groups in total. The highest BCUT2D eigenvalue weighted by Gasteiger charge is 2.25. The van der Waals surface area contributed by atoms with Crippen molar-refractivity contribution in [2.45, 2.75) is 25.4 Å². The number of anilines is 1. The lowest BCUT2D eigenvalue weighted by Crippen LogP contribution is -2.49. The van der Waals surface area contributed by atoms with Crippen molar-refractivity contribution in [3.63, 3.8) is 0 Å². The summed E-state index contributed by atoms with van der Waals surface area (Å²) in [7, 11) is 2.01. The molecule has 2 aromatic heterocycles. The molecule has 0 bridgehead atoms. The Kier molecular flexibility index (Phi) is 5.90. The van der Waals surface area contributed by atoms with Gasteiger partial charge in [0.25, 0.3) is 0 Å². The predicted octanol–water partition coefficient (Wildman–Crippen LogP) is 1.09. The molecule has 7 nitrogen and oxygen atoms in total. The van der Waals surface area contributed by atoms with E-state index in [1.54, 1.807) is 12.4 Å². The van der Waals surface area contributed by atoms with Crippen molar-refractivity contribution in [3.05, 3.63) is 48.4 Å².